The van der Waals surface area contributed by atoms with Gasteiger partial charge in [0.2, 0.25) is 0 Å². The van der Waals surface area contributed by atoms with Gasteiger partial charge >= 0.3 is 0 Å². The average Bonchev–Trinajstić information content (AvgIpc) is 2.68. The number of aliphatic hydroxyl groups is 4. The molecule has 2 fully saturated rings. The lowest BCUT2D eigenvalue weighted by atomic mass is 9.53. The van der Waals surface area contributed by atoms with Crippen molar-refractivity contribution in [1.82, 2.24) is 0 Å². The summed E-state index contributed by atoms with van der Waals surface area (Å²) in [5, 5.41) is 40.7. The minimum Gasteiger partial charge on any atom is -0.365 e. The van der Waals surface area contributed by atoms with Crippen LogP contribution in [0.5, 0.6) is 0 Å². The number of hydrogen-bond donors (Lipinski definition) is 4. The third kappa shape index (κ3) is 1.97. The Balaban J connectivity index is 1.64. The van der Waals surface area contributed by atoms with Crippen LogP contribution in [-0.4, -0.2) is 32.0 Å². The first kappa shape index (κ1) is 15.1. The van der Waals surface area contributed by atoms with E-state index in [0.717, 1.165) is 38.5 Å². The molecule has 4 nitrogen and oxygen atoms in total. The molecule has 0 saturated heterocycles. The topological polar surface area (TPSA) is 80.9 Å². The number of fused-ring (bicyclic) bond motifs is 4. The number of allylic oxidation sites excluding steroid dienone is 1. The van der Waals surface area contributed by atoms with Crippen LogP contribution in [0.15, 0.2) is 11.1 Å². The lowest BCUT2D eigenvalue weighted by Crippen LogP contribution is -2.51. The first-order valence-electron chi connectivity index (χ1n) is 8.84. The molecule has 0 aromatic rings. The lowest BCUT2D eigenvalue weighted by molar-refractivity contribution is -0.243. The molecule has 4 heteroatoms. The summed E-state index contributed by atoms with van der Waals surface area (Å²) >= 11 is 0. The predicted octanol–water partition coefficient (Wildman–Crippen LogP) is 2.06. The van der Waals surface area contributed by atoms with Gasteiger partial charge in [0.1, 0.15) is 0 Å². The van der Waals surface area contributed by atoms with Gasteiger partial charge in [0.15, 0.2) is 11.6 Å². The van der Waals surface area contributed by atoms with Crippen LogP contribution in [0.25, 0.3) is 0 Å². The van der Waals surface area contributed by atoms with E-state index in [0.29, 0.717) is 37.0 Å². The molecule has 0 aliphatic heterocycles. The molecule has 0 spiro atoms. The van der Waals surface area contributed by atoms with Gasteiger partial charge in [-0.05, 0) is 56.3 Å². The quantitative estimate of drug-likeness (QED) is 0.408. The molecule has 0 unspecified atom stereocenters. The molecule has 2 saturated carbocycles. The Labute approximate surface area is 131 Å². The van der Waals surface area contributed by atoms with Gasteiger partial charge in [0.05, 0.1) is 0 Å². The van der Waals surface area contributed by atoms with Gasteiger partial charge in [-0.1, -0.05) is 18.1 Å². The zero-order valence-electron chi connectivity index (χ0n) is 13.4. The molecule has 4 aliphatic rings. The molecule has 0 aromatic carbocycles. The molecule has 0 amide bonds. The molecule has 0 aromatic heterocycles. The monoisotopic (exact) mass is 308 g/mol. The fourth-order valence-corrected chi connectivity index (χ4v) is 6.21. The van der Waals surface area contributed by atoms with Crippen molar-refractivity contribution >= 4 is 0 Å². The lowest BCUT2D eigenvalue weighted by Gasteiger charge is -2.53. The van der Waals surface area contributed by atoms with Crippen LogP contribution in [0.4, 0.5) is 0 Å². The first-order chi connectivity index (χ1) is 10.2. The van der Waals surface area contributed by atoms with E-state index < -0.39 is 11.6 Å². The Morgan fingerprint density at radius 1 is 0.909 bits per heavy atom. The predicted molar refractivity (Wildman–Crippen MR) is 81.5 cm³/mol. The zero-order chi connectivity index (χ0) is 15.8. The molecule has 4 atom stereocenters. The fraction of sp³-hybridized carbons (Fsp3) is 0.889. The Morgan fingerprint density at radius 2 is 1.68 bits per heavy atom. The second kappa shape index (κ2) is 4.56. The van der Waals surface area contributed by atoms with Crippen LogP contribution in [-0.2, 0) is 0 Å². The molecule has 124 valence electrons. The maximum absolute atomic E-state index is 10.4. The van der Waals surface area contributed by atoms with Crippen LogP contribution in [0.1, 0.15) is 64.7 Å². The SMILES string of the molecule is C[C@]12CC[C@@H]3C4=C(CC[C@H]3[C@@H]1CCC2(O)O)CC(O)(O)CC4. The van der Waals surface area contributed by atoms with E-state index in [1.54, 1.807) is 0 Å². The normalized spacial score (nSPS) is 46.0. The van der Waals surface area contributed by atoms with Crippen LogP contribution < -0.4 is 0 Å². The molecule has 0 heterocycles. The first-order valence-corrected chi connectivity index (χ1v) is 8.84. The summed E-state index contributed by atoms with van der Waals surface area (Å²) in [6.45, 7) is 2.07. The third-order valence-electron chi connectivity index (χ3n) is 7.52. The summed E-state index contributed by atoms with van der Waals surface area (Å²) < 4.78 is 0. The van der Waals surface area contributed by atoms with Crippen molar-refractivity contribution in [2.75, 3.05) is 0 Å². The molecule has 4 aliphatic carbocycles. The summed E-state index contributed by atoms with van der Waals surface area (Å²) in [6.07, 6.45) is 6.98. The second-order valence-corrected chi connectivity index (χ2v) is 8.51. The van der Waals surface area contributed by atoms with E-state index in [-0.39, 0.29) is 5.41 Å². The highest BCUT2D eigenvalue weighted by molar-refractivity contribution is 5.28. The summed E-state index contributed by atoms with van der Waals surface area (Å²) in [4.78, 5) is 0. The highest BCUT2D eigenvalue weighted by atomic mass is 16.5. The van der Waals surface area contributed by atoms with Crippen molar-refractivity contribution in [3.63, 3.8) is 0 Å². The molecular formula is C18H28O4. The van der Waals surface area contributed by atoms with E-state index >= 15 is 0 Å². The van der Waals surface area contributed by atoms with Crippen molar-refractivity contribution < 1.29 is 20.4 Å². The van der Waals surface area contributed by atoms with Gasteiger partial charge < -0.3 is 20.4 Å². The zero-order valence-corrected chi connectivity index (χ0v) is 13.4. The van der Waals surface area contributed by atoms with Crippen LogP contribution in [0, 0.1) is 23.2 Å². The second-order valence-electron chi connectivity index (χ2n) is 8.51. The summed E-state index contributed by atoms with van der Waals surface area (Å²) in [5.41, 5.74) is 2.39. The van der Waals surface area contributed by atoms with Crippen molar-refractivity contribution in [3.05, 3.63) is 11.1 Å². The van der Waals surface area contributed by atoms with E-state index in [1.807, 2.05) is 0 Å². The molecule has 0 bridgehead atoms. The van der Waals surface area contributed by atoms with Crippen molar-refractivity contribution in [3.8, 4) is 0 Å². The Bertz CT molecular complexity index is 521. The highest BCUT2D eigenvalue weighted by Gasteiger charge is 2.61. The van der Waals surface area contributed by atoms with Gasteiger partial charge in [0, 0.05) is 24.7 Å². The van der Waals surface area contributed by atoms with Crippen LogP contribution >= 0.6 is 0 Å². The van der Waals surface area contributed by atoms with Gasteiger partial charge in [-0.25, -0.2) is 0 Å². The van der Waals surface area contributed by atoms with Crippen molar-refractivity contribution in [2.45, 2.75) is 76.3 Å². The third-order valence-corrected chi connectivity index (χ3v) is 7.52. The Kier molecular flexibility index (Phi) is 3.14. The smallest absolute Gasteiger partial charge is 0.168 e. The molecule has 4 N–H and O–H groups in total. The number of rotatable bonds is 0. The molecule has 22 heavy (non-hydrogen) atoms. The molecular weight excluding hydrogens is 280 g/mol. The average molecular weight is 308 g/mol. The van der Waals surface area contributed by atoms with E-state index in [9.17, 15) is 20.4 Å². The minimum absolute atomic E-state index is 0.362. The van der Waals surface area contributed by atoms with Crippen molar-refractivity contribution in [1.29, 1.82) is 0 Å². The van der Waals surface area contributed by atoms with Crippen molar-refractivity contribution in [2.24, 2.45) is 23.2 Å². The standard InChI is InChI=1S/C18H28O4/c1-16-7-4-13-12-5-8-17(19,20)10-11(12)2-3-14(13)15(16)6-9-18(16,21)22/h13-15,19-22H,2-10H2,1H3/t13-,14-,15+,16+/m1/s1. The maximum atomic E-state index is 10.4. The maximum Gasteiger partial charge on any atom is 0.168 e. The van der Waals surface area contributed by atoms with Gasteiger partial charge in [-0.3, -0.25) is 0 Å². The van der Waals surface area contributed by atoms with Crippen LogP contribution in [0.2, 0.25) is 0 Å². The summed E-state index contributed by atoms with van der Waals surface area (Å²) in [7, 11) is 0. The largest absolute Gasteiger partial charge is 0.365 e. The summed E-state index contributed by atoms with van der Waals surface area (Å²) in [6, 6.07) is 0. The van der Waals surface area contributed by atoms with Crippen LogP contribution in [0.3, 0.4) is 0 Å². The fourth-order valence-electron chi connectivity index (χ4n) is 6.21. The Hall–Kier alpha value is -0.420. The van der Waals surface area contributed by atoms with Gasteiger partial charge in [-0.2, -0.15) is 0 Å². The van der Waals surface area contributed by atoms with Gasteiger partial charge in [-0.15, -0.1) is 0 Å². The molecule has 0 radical (unpaired) electrons. The van der Waals surface area contributed by atoms with E-state index in [1.165, 1.54) is 11.1 Å². The summed E-state index contributed by atoms with van der Waals surface area (Å²) in [5.74, 6) is -1.54. The number of hydrogen-bond acceptors (Lipinski definition) is 4. The Morgan fingerprint density at radius 3 is 2.45 bits per heavy atom. The molecule has 4 rings (SSSR count). The highest BCUT2D eigenvalue weighted by Crippen LogP contribution is 2.63. The van der Waals surface area contributed by atoms with E-state index in [4.69, 9.17) is 0 Å². The van der Waals surface area contributed by atoms with Gasteiger partial charge in [0.25, 0.3) is 0 Å². The van der Waals surface area contributed by atoms with E-state index in [2.05, 4.69) is 6.92 Å². The minimum atomic E-state index is -1.51.